The number of aromatic nitrogens is 3. The first kappa shape index (κ1) is 26.0. The smallest absolute Gasteiger partial charge is 0.0998 e. The first-order valence-electron chi connectivity index (χ1n) is 15.4. The molecule has 0 amide bonds. The fourth-order valence-corrected chi connectivity index (χ4v) is 7.10. The zero-order valence-electron chi connectivity index (χ0n) is 24.8. The lowest BCUT2D eigenvalue weighted by atomic mass is 9.94. The molecular formula is C42H26N4. The number of benzene rings is 6. The Bertz CT molecular complexity index is 2580. The van der Waals surface area contributed by atoms with Crippen molar-refractivity contribution in [2.75, 3.05) is 0 Å². The Morgan fingerprint density at radius 1 is 0.457 bits per heavy atom. The molecule has 3 aromatic heterocycles. The number of hydrogen-bond donors (Lipinski definition) is 0. The lowest BCUT2D eigenvalue weighted by Crippen LogP contribution is -2.03. The zero-order valence-corrected chi connectivity index (χ0v) is 24.8. The summed E-state index contributed by atoms with van der Waals surface area (Å²) in [5.41, 5.74) is 11.1. The molecule has 0 N–H and O–H groups in total. The molecule has 0 unspecified atom stereocenters. The molecule has 9 rings (SSSR count). The number of fused-ring (bicyclic) bond motifs is 6. The Balaban J connectivity index is 1.48. The molecule has 3 heterocycles. The first-order valence-corrected chi connectivity index (χ1v) is 15.4. The van der Waals surface area contributed by atoms with Gasteiger partial charge >= 0.3 is 0 Å². The van der Waals surface area contributed by atoms with Gasteiger partial charge in [0.1, 0.15) is 0 Å². The molecule has 6 aromatic carbocycles. The van der Waals surface area contributed by atoms with Gasteiger partial charge in [0.25, 0.3) is 0 Å². The summed E-state index contributed by atoms with van der Waals surface area (Å²) < 4.78 is 4.80. The average molecular weight is 587 g/mol. The fourth-order valence-electron chi connectivity index (χ4n) is 7.10. The third-order valence-corrected chi connectivity index (χ3v) is 9.07. The van der Waals surface area contributed by atoms with Crippen molar-refractivity contribution >= 4 is 43.6 Å². The highest BCUT2D eigenvalue weighted by molar-refractivity contribution is 6.15. The van der Waals surface area contributed by atoms with Gasteiger partial charge in [-0.05, 0) is 59.7 Å². The SMILES string of the molecule is N#Cc1cc(-c2ccccc2)c(-n2c3ccccc3c3cccc(-n4c5ccccc5c5ccccc54)c32)cc1-c1ccncc1. The van der Waals surface area contributed by atoms with Crippen LogP contribution < -0.4 is 0 Å². The highest BCUT2D eigenvalue weighted by Crippen LogP contribution is 2.43. The van der Waals surface area contributed by atoms with Crippen molar-refractivity contribution in [3.05, 3.63) is 164 Å². The number of rotatable bonds is 4. The maximum atomic E-state index is 10.4. The van der Waals surface area contributed by atoms with Crippen molar-refractivity contribution in [3.8, 4) is 39.7 Å². The van der Waals surface area contributed by atoms with E-state index in [1.165, 1.54) is 21.5 Å². The van der Waals surface area contributed by atoms with Gasteiger partial charge in [0.15, 0.2) is 0 Å². The summed E-state index contributed by atoms with van der Waals surface area (Å²) in [5.74, 6) is 0. The van der Waals surface area contributed by atoms with Gasteiger partial charge in [-0.1, -0.05) is 97.1 Å². The van der Waals surface area contributed by atoms with Gasteiger partial charge in [0, 0.05) is 45.1 Å². The predicted molar refractivity (Wildman–Crippen MR) is 189 cm³/mol. The first-order chi connectivity index (χ1) is 22.8. The minimum atomic E-state index is 0.622. The van der Waals surface area contributed by atoms with E-state index in [1.54, 1.807) is 12.4 Å². The molecule has 0 radical (unpaired) electrons. The van der Waals surface area contributed by atoms with Crippen LogP contribution in [0.15, 0.2) is 158 Å². The number of nitrogens with zero attached hydrogens (tertiary/aromatic N) is 4. The summed E-state index contributed by atoms with van der Waals surface area (Å²) in [6.07, 6.45) is 3.56. The van der Waals surface area contributed by atoms with Crippen molar-refractivity contribution in [2.24, 2.45) is 0 Å². The molecule has 0 aliphatic rings. The predicted octanol–water partition coefficient (Wildman–Crippen LogP) is 10.5. The number of para-hydroxylation sites is 4. The molecule has 0 bridgehead atoms. The number of pyridine rings is 1. The van der Waals surface area contributed by atoms with E-state index >= 15 is 0 Å². The Kier molecular flexibility index (Phi) is 5.84. The fraction of sp³-hybridized carbons (Fsp3) is 0. The van der Waals surface area contributed by atoms with Crippen LogP contribution in [0, 0.1) is 11.3 Å². The van der Waals surface area contributed by atoms with Crippen LogP contribution in [0.3, 0.4) is 0 Å². The molecular weight excluding hydrogens is 560 g/mol. The van der Waals surface area contributed by atoms with E-state index in [2.05, 4.69) is 142 Å². The second kappa shape index (κ2) is 10.3. The van der Waals surface area contributed by atoms with Gasteiger partial charge in [0.05, 0.1) is 45.1 Å². The molecule has 9 aromatic rings. The van der Waals surface area contributed by atoms with Crippen LogP contribution in [0.2, 0.25) is 0 Å². The monoisotopic (exact) mass is 586 g/mol. The minimum Gasteiger partial charge on any atom is -0.307 e. The molecule has 4 heteroatoms. The second-order valence-corrected chi connectivity index (χ2v) is 11.5. The summed E-state index contributed by atoms with van der Waals surface area (Å²) in [7, 11) is 0. The van der Waals surface area contributed by atoms with E-state index in [4.69, 9.17) is 0 Å². The van der Waals surface area contributed by atoms with Gasteiger partial charge in [-0.25, -0.2) is 0 Å². The van der Waals surface area contributed by atoms with Crippen LogP contribution in [-0.2, 0) is 0 Å². The van der Waals surface area contributed by atoms with Gasteiger partial charge in [-0.15, -0.1) is 0 Å². The lowest BCUT2D eigenvalue weighted by Gasteiger charge is -2.19. The van der Waals surface area contributed by atoms with Crippen LogP contribution in [-0.4, -0.2) is 14.1 Å². The van der Waals surface area contributed by atoms with Crippen LogP contribution >= 0.6 is 0 Å². The van der Waals surface area contributed by atoms with Crippen LogP contribution in [0.25, 0.3) is 77.2 Å². The molecule has 0 fully saturated rings. The Labute approximate surface area is 265 Å². The van der Waals surface area contributed by atoms with Crippen molar-refractivity contribution in [1.82, 2.24) is 14.1 Å². The molecule has 46 heavy (non-hydrogen) atoms. The van der Waals surface area contributed by atoms with Crippen molar-refractivity contribution in [1.29, 1.82) is 5.26 Å². The molecule has 0 saturated carbocycles. The Morgan fingerprint density at radius 2 is 1.00 bits per heavy atom. The van der Waals surface area contributed by atoms with Crippen molar-refractivity contribution in [3.63, 3.8) is 0 Å². The van der Waals surface area contributed by atoms with Gasteiger partial charge in [0.2, 0.25) is 0 Å². The average Bonchev–Trinajstić information content (AvgIpc) is 3.65. The topological polar surface area (TPSA) is 46.5 Å². The number of nitriles is 1. The van der Waals surface area contributed by atoms with Crippen molar-refractivity contribution < 1.29 is 0 Å². The van der Waals surface area contributed by atoms with E-state index < -0.39 is 0 Å². The maximum absolute atomic E-state index is 10.4. The van der Waals surface area contributed by atoms with E-state index in [0.717, 1.165) is 55.7 Å². The summed E-state index contributed by atoms with van der Waals surface area (Å²) in [5, 5.41) is 15.2. The molecule has 4 nitrogen and oxygen atoms in total. The standard InChI is InChI=1S/C42H26N4/c43-27-30-25-36(28-11-2-1-3-12-28)41(26-35(30)29-21-23-44-24-22-29)46-39-19-9-6-15-33(39)34-16-10-20-40(42(34)46)45-37-17-7-4-13-31(37)32-14-5-8-18-38(32)45/h1-26H. The Hall–Kier alpha value is -6.44. The largest absolute Gasteiger partial charge is 0.307 e. The third-order valence-electron chi connectivity index (χ3n) is 9.07. The van der Waals surface area contributed by atoms with Gasteiger partial charge in [-0.2, -0.15) is 5.26 Å². The normalized spacial score (nSPS) is 11.5. The molecule has 0 aliphatic carbocycles. The minimum absolute atomic E-state index is 0.622. The van der Waals surface area contributed by atoms with E-state index in [1.807, 2.05) is 24.3 Å². The van der Waals surface area contributed by atoms with Crippen LogP contribution in [0.1, 0.15) is 5.56 Å². The third kappa shape index (κ3) is 3.83. The van der Waals surface area contributed by atoms with Gasteiger partial charge in [-0.3, -0.25) is 4.98 Å². The molecule has 0 aliphatic heterocycles. The number of hydrogen-bond acceptors (Lipinski definition) is 2. The summed E-state index contributed by atoms with van der Waals surface area (Å²) >= 11 is 0. The highest BCUT2D eigenvalue weighted by atomic mass is 15.1. The van der Waals surface area contributed by atoms with E-state index in [-0.39, 0.29) is 0 Å². The summed E-state index contributed by atoms with van der Waals surface area (Å²) in [4.78, 5) is 4.24. The van der Waals surface area contributed by atoms with E-state index in [9.17, 15) is 5.26 Å². The summed E-state index contributed by atoms with van der Waals surface area (Å²) in [6.45, 7) is 0. The zero-order chi connectivity index (χ0) is 30.6. The molecule has 214 valence electrons. The molecule has 0 atom stereocenters. The lowest BCUT2D eigenvalue weighted by molar-refractivity contribution is 1.13. The quantitative estimate of drug-likeness (QED) is 0.206. The van der Waals surface area contributed by atoms with Gasteiger partial charge < -0.3 is 9.13 Å². The van der Waals surface area contributed by atoms with Crippen LogP contribution in [0.5, 0.6) is 0 Å². The van der Waals surface area contributed by atoms with Crippen LogP contribution in [0.4, 0.5) is 0 Å². The summed E-state index contributed by atoms with van der Waals surface area (Å²) in [6, 6.07) is 53.6. The maximum Gasteiger partial charge on any atom is 0.0998 e. The van der Waals surface area contributed by atoms with E-state index in [0.29, 0.717) is 5.56 Å². The molecule has 0 saturated heterocycles. The second-order valence-electron chi connectivity index (χ2n) is 11.5. The molecule has 0 spiro atoms. The van der Waals surface area contributed by atoms with Crippen molar-refractivity contribution in [2.45, 2.75) is 0 Å². The highest BCUT2D eigenvalue weighted by Gasteiger charge is 2.22. The Morgan fingerprint density at radius 3 is 1.65 bits per heavy atom.